The fourth-order valence-corrected chi connectivity index (χ4v) is 5.78. The van der Waals surface area contributed by atoms with Gasteiger partial charge in [-0.2, -0.15) is 0 Å². The Kier molecular flexibility index (Phi) is 4.01. The zero-order chi connectivity index (χ0) is 19.3. The van der Waals surface area contributed by atoms with Gasteiger partial charge in [-0.3, -0.25) is 4.79 Å². The van der Waals surface area contributed by atoms with E-state index in [0.717, 1.165) is 25.1 Å². The molecule has 3 atom stereocenters. The van der Waals surface area contributed by atoms with Crippen LogP contribution < -0.4 is 0 Å². The van der Waals surface area contributed by atoms with Gasteiger partial charge in [0, 0.05) is 29.1 Å². The van der Waals surface area contributed by atoms with E-state index >= 15 is 0 Å². The van der Waals surface area contributed by atoms with E-state index in [2.05, 4.69) is 79.1 Å². The lowest BCUT2D eigenvalue weighted by Crippen LogP contribution is -2.49. The molecule has 2 aliphatic rings. The van der Waals surface area contributed by atoms with Crippen LogP contribution in [-0.2, 0) is 16.6 Å². The van der Waals surface area contributed by atoms with Gasteiger partial charge in [-0.1, -0.05) is 55.5 Å². The molecule has 0 saturated heterocycles. The van der Waals surface area contributed by atoms with Crippen LogP contribution in [0.4, 0.5) is 0 Å². The smallest absolute Gasteiger partial charge is 0.136 e. The van der Waals surface area contributed by atoms with Crippen molar-refractivity contribution in [2.24, 2.45) is 11.8 Å². The van der Waals surface area contributed by atoms with E-state index in [1.165, 1.54) is 22.6 Å². The molecule has 3 nitrogen and oxygen atoms in total. The largest absolute Gasteiger partial charge is 0.301 e. The quantitative estimate of drug-likeness (QED) is 0.634. The van der Waals surface area contributed by atoms with Crippen molar-refractivity contribution in [2.45, 2.75) is 44.9 Å². The Morgan fingerprint density at radius 2 is 1.68 bits per heavy atom. The second kappa shape index (κ2) is 6.44. The zero-order valence-electron chi connectivity index (χ0n) is 16.6. The maximum atomic E-state index is 12.6. The molecule has 3 aromatic rings. The second-order valence-corrected chi connectivity index (χ2v) is 8.36. The molecule has 0 radical (unpaired) electrons. The summed E-state index contributed by atoms with van der Waals surface area (Å²) in [7, 11) is 0. The molecule has 1 heterocycles. The maximum absolute atomic E-state index is 12.6. The van der Waals surface area contributed by atoms with Gasteiger partial charge in [-0.25, -0.2) is 4.98 Å². The number of nitrogens with zero attached hydrogens (tertiary/aromatic N) is 2. The molecule has 0 aliphatic heterocycles. The summed E-state index contributed by atoms with van der Waals surface area (Å²) in [6.45, 7) is 4.24. The van der Waals surface area contributed by atoms with Crippen LogP contribution in [0.3, 0.4) is 0 Å². The molecule has 1 fully saturated rings. The number of ketones is 1. The number of carbonyl (C=O) groups is 1. The highest BCUT2D eigenvalue weighted by Gasteiger charge is 2.53. The highest BCUT2D eigenvalue weighted by molar-refractivity contribution is 5.83. The number of hydrogen-bond acceptors (Lipinski definition) is 2. The number of imidazole rings is 1. The van der Waals surface area contributed by atoms with E-state index in [-0.39, 0.29) is 11.3 Å². The number of benzene rings is 2. The van der Waals surface area contributed by atoms with Crippen LogP contribution >= 0.6 is 0 Å². The van der Waals surface area contributed by atoms with Gasteiger partial charge in [0.05, 0.1) is 5.69 Å². The summed E-state index contributed by atoms with van der Waals surface area (Å²) in [6.07, 6.45) is 3.51. The fraction of sp³-hybridized carbons (Fsp3) is 0.360. The summed E-state index contributed by atoms with van der Waals surface area (Å²) < 4.78 is 2.33. The molecule has 5 rings (SSSR count). The number of para-hydroxylation sites is 1. The predicted octanol–water partition coefficient (Wildman–Crippen LogP) is 5.03. The van der Waals surface area contributed by atoms with Gasteiger partial charge < -0.3 is 4.57 Å². The molecule has 0 unspecified atom stereocenters. The highest BCUT2D eigenvalue weighted by atomic mass is 16.1. The van der Waals surface area contributed by atoms with E-state index in [4.69, 9.17) is 4.98 Å². The van der Waals surface area contributed by atoms with E-state index in [1.54, 1.807) is 0 Å². The van der Waals surface area contributed by atoms with E-state index in [9.17, 15) is 4.79 Å². The summed E-state index contributed by atoms with van der Waals surface area (Å²) in [5, 5.41) is 0. The number of carbonyl (C=O) groups excluding carboxylic acids is 1. The lowest BCUT2D eigenvalue weighted by Gasteiger charge is -2.49. The summed E-state index contributed by atoms with van der Waals surface area (Å²) in [4.78, 5) is 17.8. The molecule has 2 aromatic carbocycles. The van der Waals surface area contributed by atoms with Crippen LogP contribution in [0.15, 0.2) is 60.7 Å². The molecule has 0 spiro atoms. The minimum atomic E-state index is -0.160. The van der Waals surface area contributed by atoms with Gasteiger partial charge >= 0.3 is 0 Å². The standard InChI is InChI=1S/C25H26N2O/c1-17-21-13-14-22-24(26-18(2)27(22)20-11-7-4-8-12-20)25(21,16-15-23(17)28)19-9-5-3-6-10-19/h3-12,17,21H,13-16H2,1-2H3/t17-,21-,25+/m0/s1. The van der Waals surface area contributed by atoms with Gasteiger partial charge in [0.1, 0.15) is 11.6 Å². The first-order chi connectivity index (χ1) is 13.6. The molecule has 142 valence electrons. The Morgan fingerprint density at radius 1 is 1.00 bits per heavy atom. The molecule has 1 saturated carbocycles. The second-order valence-electron chi connectivity index (χ2n) is 8.36. The lowest BCUT2D eigenvalue weighted by atomic mass is 9.53. The van der Waals surface area contributed by atoms with Crippen molar-refractivity contribution in [3.63, 3.8) is 0 Å². The molecular formula is C25H26N2O. The minimum Gasteiger partial charge on any atom is -0.301 e. The first-order valence-electron chi connectivity index (χ1n) is 10.4. The first-order valence-corrected chi connectivity index (χ1v) is 10.4. The third kappa shape index (κ3) is 2.35. The third-order valence-corrected chi connectivity index (χ3v) is 7.07. The summed E-state index contributed by atoms with van der Waals surface area (Å²) in [5.74, 6) is 1.86. The van der Waals surface area contributed by atoms with Crippen molar-refractivity contribution >= 4 is 5.78 Å². The summed E-state index contributed by atoms with van der Waals surface area (Å²) in [5.41, 5.74) is 4.86. The number of hydrogen-bond donors (Lipinski definition) is 0. The molecule has 1 aromatic heterocycles. The Balaban J connectivity index is 1.77. The number of fused-ring (bicyclic) bond motifs is 3. The maximum Gasteiger partial charge on any atom is 0.136 e. The van der Waals surface area contributed by atoms with E-state index < -0.39 is 0 Å². The predicted molar refractivity (Wildman–Crippen MR) is 111 cm³/mol. The van der Waals surface area contributed by atoms with Crippen molar-refractivity contribution in [1.82, 2.24) is 9.55 Å². The van der Waals surface area contributed by atoms with Crippen molar-refractivity contribution in [3.8, 4) is 5.69 Å². The van der Waals surface area contributed by atoms with Gasteiger partial charge in [-0.15, -0.1) is 0 Å². The summed E-state index contributed by atoms with van der Waals surface area (Å²) >= 11 is 0. The number of rotatable bonds is 2. The Morgan fingerprint density at radius 3 is 2.39 bits per heavy atom. The molecule has 0 amide bonds. The Labute approximate surface area is 166 Å². The van der Waals surface area contributed by atoms with Crippen molar-refractivity contribution in [3.05, 3.63) is 83.4 Å². The number of Topliss-reactive ketones (excluding diaryl/α,β-unsaturated/α-hetero) is 1. The van der Waals surface area contributed by atoms with Crippen LogP contribution in [0, 0.1) is 18.8 Å². The Hall–Kier alpha value is -2.68. The van der Waals surface area contributed by atoms with Crippen LogP contribution in [0.2, 0.25) is 0 Å². The fourth-order valence-electron chi connectivity index (χ4n) is 5.78. The van der Waals surface area contributed by atoms with Gasteiger partial charge in [0.2, 0.25) is 0 Å². The molecule has 3 heteroatoms. The number of aryl methyl sites for hydroxylation is 1. The van der Waals surface area contributed by atoms with Crippen LogP contribution in [-0.4, -0.2) is 15.3 Å². The normalized spacial score (nSPS) is 26.6. The molecule has 2 aliphatic carbocycles. The van der Waals surface area contributed by atoms with Crippen molar-refractivity contribution in [2.75, 3.05) is 0 Å². The van der Waals surface area contributed by atoms with Gasteiger partial charge in [0.25, 0.3) is 0 Å². The van der Waals surface area contributed by atoms with E-state index in [1.807, 2.05) is 0 Å². The molecule has 0 N–H and O–H groups in total. The average molecular weight is 370 g/mol. The third-order valence-electron chi connectivity index (χ3n) is 7.07. The van der Waals surface area contributed by atoms with Crippen LogP contribution in [0.5, 0.6) is 0 Å². The Bertz CT molecular complexity index is 1020. The highest BCUT2D eigenvalue weighted by Crippen LogP contribution is 2.55. The van der Waals surface area contributed by atoms with Crippen molar-refractivity contribution in [1.29, 1.82) is 0 Å². The molecule has 0 bridgehead atoms. The minimum absolute atomic E-state index is 0.0873. The van der Waals surface area contributed by atoms with Crippen LogP contribution in [0.25, 0.3) is 5.69 Å². The number of aromatic nitrogens is 2. The SMILES string of the molecule is Cc1nc2c(n1-c1ccccc1)CC[C@H]1[C@H](C)C(=O)CC[C@]21c1ccccc1. The molecule has 28 heavy (non-hydrogen) atoms. The first kappa shape index (κ1) is 17.4. The molecular weight excluding hydrogens is 344 g/mol. The van der Waals surface area contributed by atoms with Crippen molar-refractivity contribution < 1.29 is 4.79 Å². The lowest BCUT2D eigenvalue weighted by molar-refractivity contribution is -0.128. The van der Waals surface area contributed by atoms with E-state index in [0.29, 0.717) is 18.1 Å². The summed E-state index contributed by atoms with van der Waals surface area (Å²) in [6, 6.07) is 21.3. The average Bonchev–Trinajstić information content (AvgIpc) is 3.08. The van der Waals surface area contributed by atoms with Gasteiger partial charge in [-0.05, 0) is 49.8 Å². The van der Waals surface area contributed by atoms with Gasteiger partial charge in [0.15, 0.2) is 0 Å². The topological polar surface area (TPSA) is 34.9 Å². The monoisotopic (exact) mass is 370 g/mol. The van der Waals surface area contributed by atoms with Crippen LogP contribution in [0.1, 0.15) is 49.0 Å². The zero-order valence-corrected chi connectivity index (χ0v) is 16.6.